The molecule has 0 saturated carbocycles. The number of phenols is 2. The number of rotatable bonds is 6. The number of carbonyl (C=O) groups excluding carboxylic acids is 1. The van der Waals surface area contributed by atoms with Crippen LogP contribution in [-0.4, -0.2) is 34.0 Å². The maximum Gasteiger partial charge on any atom is 0.267 e. The highest BCUT2D eigenvalue weighted by Crippen LogP contribution is 2.39. The molecule has 0 radical (unpaired) electrons. The van der Waals surface area contributed by atoms with Gasteiger partial charge in [0.15, 0.2) is 11.5 Å². The Morgan fingerprint density at radius 1 is 1.06 bits per heavy atom. The number of nitrogens with zero attached hydrogens (tertiary/aromatic N) is 1. The van der Waals surface area contributed by atoms with Gasteiger partial charge >= 0.3 is 0 Å². The topological polar surface area (TPSA) is 93.0 Å². The Bertz CT molecular complexity index is 1130. The van der Waals surface area contributed by atoms with Gasteiger partial charge in [0, 0.05) is 24.7 Å². The molecule has 0 fully saturated rings. The van der Waals surface area contributed by atoms with Gasteiger partial charge in [-0.2, -0.15) is 0 Å². The summed E-state index contributed by atoms with van der Waals surface area (Å²) in [5.74, 6) is 1.23. The summed E-state index contributed by atoms with van der Waals surface area (Å²) < 4.78 is 12.7. The molecule has 31 heavy (non-hydrogen) atoms. The number of hydrogen-bond acceptors (Lipinski definition) is 5. The number of aromatic hydroxyl groups is 2. The Morgan fingerprint density at radius 2 is 1.84 bits per heavy atom. The van der Waals surface area contributed by atoms with Crippen molar-refractivity contribution in [1.82, 2.24) is 9.88 Å². The van der Waals surface area contributed by atoms with Crippen molar-refractivity contribution in [3.63, 3.8) is 0 Å². The minimum absolute atomic E-state index is 0.0469. The highest BCUT2D eigenvalue weighted by Gasteiger charge is 2.21. The monoisotopic (exact) mass is 422 g/mol. The molecular weight excluding hydrogens is 396 g/mol. The molecule has 2 heterocycles. The molecular formula is C24H26N2O5. The highest BCUT2D eigenvalue weighted by molar-refractivity contribution is 5.94. The second-order valence-corrected chi connectivity index (χ2v) is 7.82. The quantitative estimate of drug-likeness (QED) is 0.553. The van der Waals surface area contributed by atoms with Crippen molar-refractivity contribution in [3.8, 4) is 34.3 Å². The SMILES string of the molecule is CCNC(=O)c1ccc(-c2cc(C(C)C)c(O)cc2O)n1Cc1ccc2c(c1)OCO2. The lowest BCUT2D eigenvalue weighted by Gasteiger charge is -2.17. The van der Waals surface area contributed by atoms with Crippen molar-refractivity contribution < 1.29 is 24.5 Å². The molecule has 1 amide bonds. The van der Waals surface area contributed by atoms with E-state index in [0.29, 0.717) is 41.5 Å². The van der Waals surface area contributed by atoms with Crippen molar-refractivity contribution in [3.05, 3.63) is 59.3 Å². The van der Waals surface area contributed by atoms with E-state index < -0.39 is 0 Å². The summed E-state index contributed by atoms with van der Waals surface area (Å²) in [5.41, 5.74) is 3.36. The third-order valence-electron chi connectivity index (χ3n) is 5.37. The summed E-state index contributed by atoms with van der Waals surface area (Å²) in [6.07, 6.45) is 0. The molecule has 3 N–H and O–H groups in total. The van der Waals surface area contributed by atoms with Crippen LogP contribution in [0.1, 0.15) is 48.3 Å². The molecule has 162 valence electrons. The summed E-state index contributed by atoms with van der Waals surface area (Å²) in [6, 6.07) is 12.4. The number of fused-ring (bicyclic) bond motifs is 1. The average molecular weight is 422 g/mol. The Balaban J connectivity index is 1.82. The number of nitrogens with one attached hydrogen (secondary N) is 1. The molecule has 4 rings (SSSR count). The number of ether oxygens (including phenoxy) is 2. The lowest BCUT2D eigenvalue weighted by Crippen LogP contribution is -2.25. The lowest BCUT2D eigenvalue weighted by molar-refractivity contribution is 0.0947. The van der Waals surface area contributed by atoms with Gasteiger partial charge in [-0.25, -0.2) is 0 Å². The number of amides is 1. The van der Waals surface area contributed by atoms with Crippen molar-refractivity contribution in [2.45, 2.75) is 33.2 Å². The third-order valence-corrected chi connectivity index (χ3v) is 5.37. The summed E-state index contributed by atoms with van der Waals surface area (Å²) >= 11 is 0. The first-order chi connectivity index (χ1) is 14.9. The Labute approximate surface area is 180 Å². The van der Waals surface area contributed by atoms with Crippen molar-refractivity contribution >= 4 is 5.91 Å². The first-order valence-electron chi connectivity index (χ1n) is 10.3. The van der Waals surface area contributed by atoms with Crippen molar-refractivity contribution in [2.75, 3.05) is 13.3 Å². The fourth-order valence-electron chi connectivity index (χ4n) is 3.81. The summed E-state index contributed by atoms with van der Waals surface area (Å²) in [6.45, 7) is 6.90. The molecule has 7 heteroatoms. The van der Waals surface area contributed by atoms with Gasteiger partial charge in [0.1, 0.15) is 17.2 Å². The summed E-state index contributed by atoms with van der Waals surface area (Å²) in [7, 11) is 0. The number of hydrogen-bond donors (Lipinski definition) is 3. The number of aromatic nitrogens is 1. The van der Waals surface area contributed by atoms with Gasteiger partial charge in [0.2, 0.25) is 6.79 Å². The highest BCUT2D eigenvalue weighted by atomic mass is 16.7. The Kier molecular flexibility index (Phi) is 5.50. The van der Waals surface area contributed by atoms with Crippen LogP contribution in [0.25, 0.3) is 11.3 Å². The zero-order valence-electron chi connectivity index (χ0n) is 17.8. The van der Waals surface area contributed by atoms with Crippen molar-refractivity contribution in [1.29, 1.82) is 0 Å². The average Bonchev–Trinajstić information content (AvgIpc) is 3.35. The molecule has 7 nitrogen and oxygen atoms in total. The zero-order chi connectivity index (χ0) is 22.1. The van der Waals surface area contributed by atoms with Crippen LogP contribution < -0.4 is 14.8 Å². The van der Waals surface area contributed by atoms with Gasteiger partial charge in [-0.3, -0.25) is 4.79 Å². The fraction of sp³-hybridized carbons (Fsp3) is 0.292. The molecule has 0 spiro atoms. The van der Waals surface area contributed by atoms with Crippen LogP contribution >= 0.6 is 0 Å². The van der Waals surface area contributed by atoms with Gasteiger partial charge in [-0.15, -0.1) is 0 Å². The Morgan fingerprint density at radius 3 is 2.58 bits per heavy atom. The van der Waals surface area contributed by atoms with Crippen LogP contribution in [-0.2, 0) is 6.54 Å². The molecule has 3 aromatic rings. The zero-order valence-corrected chi connectivity index (χ0v) is 17.8. The molecule has 0 unspecified atom stereocenters. The summed E-state index contributed by atoms with van der Waals surface area (Å²) in [5, 5.41) is 23.7. The van der Waals surface area contributed by atoms with E-state index in [1.165, 1.54) is 6.07 Å². The van der Waals surface area contributed by atoms with E-state index in [1.807, 2.05) is 49.6 Å². The first kappa shape index (κ1) is 20.7. The van der Waals surface area contributed by atoms with Crippen LogP contribution in [0.15, 0.2) is 42.5 Å². The van der Waals surface area contributed by atoms with E-state index in [9.17, 15) is 15.0 Å². The van der Waals surface area contributed by atoms with Gasteiger partial charge in [-0.05, 0) is 54.3 Å². The number of phenolic OH excluding ortho intramolecular Hbond substituents is 2. The molecule has 1 aliphatic heterocycles. The number of benzene rings is 2. The fourth-order valence-corrected chi connectivity index (χ4v) is 3.81. The third kappa shape index (κ3) is 3.91. The molecule has 0 aliphatic carbocycles. The predicted molar refractivity (Wildman–Crippen MR) is 117 cm³/mol. The molecule has 2 aromatic carbocycles. The lowest BCUT2D eigenvalue weighted by atomic mass is 9.97. The second kappa shape index (κ2) is 8.26. The molecule has 0 bridgehead atoms. The van der Waals surface area contributed by atoms with Crippen LogP contribution in [0.5, 0.6) is 23.0 Å². The molecule has 1 aliphatic rings. The van der Waals surface area contributed by atoms with E-state index in [1.54, 1.807) is 12.1 Å². The maximum absolute atomic E-state index is 12.7. The van der Waals surface area contributed by atoms with Gasteiger partial charge in [-0.1, -0.05) is 19.9 Å². The van der Waals surface area contributed by atoms with E-state index in [4.69, 9.17) is 9.47 Å². The molecule has 1 aromatic heterocycles. The van der Waals surface area contributed by atoms with Crippen LogP contribution in [0.4, 0.5) is 0 Å². The van der Waals surface area contributed by atoms with E-state index in [0.717, 1.165) is 11.1 Å². The first-order valence-corrected chi connectivity index (χ1v) is 10.3. The van der Waals surface area contributed by atoms with Crippen LogP contribution in [0.3, 0.4) is 0 Å². The Hall–Kier alpha value is -3.61. The standard InChI is InChI=1S/C24H26N2O5/c1-4-25-24(29)19-7-6-18(17-10-16(14(2)3)20(27)11-21(17)28)26(19)12-15-5-8-22-23(9-15)31-13-30-22/h5-11,14,27-28H,4,12-13H2,1-3H3,(H,25,29). The van der Waals surface area contributed by atoms with Crippen molar-refractivity contribution in [2.24, 2.45) is 0 Å². The van der Waals surface area contributed by atoms with E-state index >= 15 is 0 Å². The summed E-state index contributed by atoms with van der Waals surface area (Å²) in [4.78, 5) is 12.7. The largest absolute Gasteiger partial charge is 0.508 e. The van der Waals surface area contributed by atoms with Crippen LogP contribution in [0.2, 0.25) is 0 Å². The van der Waals surface area contributed by atoms with E-state index in [-0.39, 0.29) is 30.1 Å². The van der Waals surface area contributed by atoms with E-state index in [2.05, 4.69) is 5.32 Å². The van der Waals surface area contributed by atoms with Gasteiger partial charge < -0.3 is 29.6 Å². The minimum atomic E-state index is -0.197. The molecule has 0 saturated heterocycles. The maximum atomic E-state index is 12.7. The van der Waals surface area contributed by atoms with Gasteiger partial charge in [0.25, 0.3) is 5.91 Å². The smallest absolute Gasteiger partial charge is 0.267 e. The second-order valence-electron chi connectivity index (χ2n) is 7.82. The predicted octanol–water partition coefficient (Wildman–Crippen LogP) is 4.22. The van der Waals surface area contributed by atoms with Gasteiger partial charge in [0.05, 0.1) is 5.69 Å². The molecule has 0 atom stereocenters. The van der Waals surface area contributed by atoms with Crippen LogP contribution in [0, 0.1) is 0 Å². The number of carbonyl (C=O) groups is 1. The normalized spacial score (nSPS) is 12.4. The minimum Gasteiger partial charge on any atom is -0.508 e.